The van der Waals surface area contributed by atoms with E-state index in [9.17, 15) is 10.1 Å². The number of carbonyl (C=O) groups is 1. The van der Waals surface area contributed by atoms with E-state index in [1.54, 1.807) is 11.9 Å². The zero-order valence-electron chi connectivity index (χ0n) is 11.6. The SMILES string of the molecule is CCC(C#N)(CC)C(=O)N(C)Cc1ccccc1Br. The van der Waals surface area contributed by atoms with Crippen LogP contribution in [0.2, 0.25) is 0 Å². The van der Waals surface area contributed by atoms with Crippen molar-refractivity contribution in [3.05, 3.63) is 34.3 Å². The maximum absolute atomic E-state index is 12.5. The van der Waals surface area contributed by atoms with Gasteiger partial charge in [-0.25, -0.2) is 0 Å². The van der Waals surface area contributed by atoms with Crippen molar-refractivity contribution >= 4 is 21.8 Å². The second-order valence-electron chi connectivity index (χ2n) is 4.65. The van der Waals surface area contributed by atoms with Gasteiger partial charge in [-0.15, -0.1) is 0 Å². The first-order chi connectivity index (χ1) is 9.00. The van der Waals surface area contributed by atoms with Crippen LogP contribution < -0.4 is 0 Å². The van der Waals surface area contributed by atoms with Gasteiger partial charge >= 0.3 is 0 Å². The average Bonchev–Trinajstić information content (AvgIpc) is 2.43. The number of benzene rings is 1. The molecule has 0 saturated heterocycles. The Kier molecular flexibility index (Phi) is 5.56. The summed E-state index contributed by atoms with van der Waals surface area (Å²) < 4.78 is 0.977. The number of amides is 1. The van der Waals surface area contributed by atoms with Crippen molar-refractivity contribution in [1.29, 1.82) is 5.26 Å². The summed E-state index contributed by atoms with van der Waals surface area (Å²) in [5, 5.41) is 9.31. The normalized spacial score (nSPS) is 10.9. The Balaban J connectivity index is 2.90. The minimum absolute atomic E-state index is 0.101. The highest BCUT2D eigenvalue weighted by Crippen LogP contribution is 2.29. The second-order valence-corrected chi connectivity index (χ2v) is 5.51. The first-order valence-electron chi connectivity index (χ1n) is 6.41. The first kappa shape index (κ1) is 15.7. The molecular formula is C15H19BrN2O. The fourth-order valence-electron chi connectivity index (χ4n) is 2.08. The Labute approximate surface area is 123 Å². The van der Waals surface area contributed by atoms with E-state index in [0.29, 0.717) is 19.4 Å². The lowest BCUT2D eigenvalue weighted by molar-refractivity contribution is -0.138. The van der Waals surface area contributed by atoms with Gasteiger partial charge in [0.15, 0.2) is 0 Å². The summed E-state index contributed by atoms with van der Waals surface area (Å²) in [5.41, 5.74) is 0.146. The lowest BCUT2D eigenvalue weighted by Crippen LogP contribution is -2.40. The molecule has 0 atom stereocenters. The fourth-order valence-corrected chi connectivity index (χ4v) is 2.49. The third kappa shape index (κ3) is 3.36. The van der Waals surface area contributed by atoms with Crippen LogP contribution in [-0.2, 0) is 11.3 Å². The van der Waals surface area contributed by atoms with E-state index in [-0.39, 0.29) is 5.91 Å². The minimum atomic E-state index is -0.893. The maximum Gasteiger partial charge on any atom is 0.243 e. The lowest BCUT2D eigenvalue weighted by atomic mass is 9.82. The van der Waals surface area contributed by atoms with Crippen molar-refractivity contribution in [1.82, 2.24) is 4.90 Å². The molecule has 0 N–H and O–H groups in total. The molecule has 0 heterocycles. The number of carbonyl (C=O) groups excluding carboxylic acids is 1. The molecule has 1 aromatic rings. The molecule has 0 fully saturated rings. The summed E-state index contributed by atoms with van der Waals surface area (Å²) in [4.78, 5) is 14.1. The Morgan fingerprint density at radius 2 is 1.95 bits per heavy atom. The minimum Gasteiger partial charge on any atom is -0.340 e. The Morgan fingerprint density at radius 1 is 1.37 bits per heavy atom. The van der Waals surface area contributed by atoms with E-state index in [0.717, 1.165) is 10.0 Å². The van der Waals surface area contributed by atoms with Gasteiger partial charge in [0.2, 0.25) is 5.91 Å². The Hall–Kier alpha value is -1.34. The predicted octanol–water partition coefficient (Wildman–Crippen LogP) is 3.74. The van der Waals surface area contributed by atoms with E-state index < -0.39 is 5.41 Å². The van der Waals surface area contributed by atoms with Crippen LogP contribution in [-0.4, -0.2) is 17.9 Å². The van der Waals surface area contributed by atoms with Crippen LogP contribution in [0.4, 0.5) is 0 Å². The van der Waals surface area contributed by atoms with E-state index in [4.69, 9.17) is 0 Å². The summed E-state index contributed by atoms with van der Waals surface area (Å²) in [6.07, 6.45) is 1.08. The second kappa shape index (κ2) is 6.72. The van der Waals surface area contributed by atoms with Gasteiger partial charge in [0.25, 0.3) is 0 Å². The number of nitriles is 1. The van der Waals surface area contributed by atoms with Crippen LogP contribution in [0.1, 0.15) is 32.3 Å². The quantitative estimate of drug-likeness (QED) is 0.828. The van der Waals surface area contributed by atoms with Gasteiger partial charge in [0.05, 0.1) is 6.07 Å². The first-order valence-corrected chi connectivity index (χ1v) is 7.20. The van der Waals surface area contributed by atoms with Gasteiger partial charge in [-0.1, -0.05) is 48.0 Å². The third-order valence-corrected chi connectivity index (χ3v) is 4.32. The molecule has 1 aromatic carbocycles. The van der Waals surface area contributed by atoms with Crippen molar-refractivity contribution in [2.24, 2.45) is 5.41 Å². The van der Waals surface area contributed by atoms with E-state index in [1.165, 1.54) is 0 Å². The summed E-state index contributed by atoms with van der Waals surface area (Å²) in [5.74, 6) is -0.101. The Morgan fingerprint density at radius 3 is 2.42 bits per heavy atom. The van der Waals surface area contributed by atoms with E-state index >= 15 is 0 Å². The summed E-state index contributed by atoms with van der Waals surface area (Å²) >= 11 is 3.47. The molecule has 1 amide bonds. The highest BCUT2D eigenvalue weighted by molar-refractivity contribution is 9.10. The smallest absolute Gasteiger partial charge is 0.243 e. The average molecular weight is 323 g/mol. The largest absolute Gasteiger partial charge is 0.340 e. The molecule has 3 nitrogen and oxygen atoms in total. The molecular weight excluding hydrogens is 304 g/mol. The molecule has 4 heteroatoms. The monoisotopic (exact) mass is 322 g/mol. The number of halogens is 1. The van der Waals surface area contributed by atoms with Crippen molar-refractivity contribution in [3.8, 4) is 6.07 Å². The zero-order valence-corrected chi connectivity index (χ0v) is 13.2. The number of hydrogen-bond acceptors (Lipinski definition) is 2. The number of nitrogens with zero attached hydrogens (tertiary/aromatic N) is 2. The lowest BCUT2D eigenvalue weighted by Gasteiger charge is -2.28. The van der Waals surface area contributed by atoms with Crippen LogP contribution in [0.15, 0.2) is 28.7 Å². The predicted molar refractivity (Wildman–Crippen MR) is 79.2 cm³/mol. The molecule has 0 radical (unpaired) electrons. The molecule has 0 spiro atoms. The van der Waals surface area contributed by atoms with Crippen LogP contribution in [0.25, 0.3) is 0 Å². The maximum atomic E-state index is 12.5. The van der Waals surface area contributed by atoms with Crippen LogP contribution in [0.3, 0.4) is 0 Å². The van der Waals surface area contributed by atoms with Gasteiger partial charge in [0, 0.05) is 18.1 Å². The van der Waals surface area contributed by atoms with Crippen molar-refractivity contribution < 1.29 is 4.79 Å². The number of hydrogen-bond donors (Lipinski definition) is 0. The third-order valence-electron chi connectivity index (χ3n) is 3.54. The van der Waals surface area contributed by atoms with Gasteiger partial charge in [0.1, 0.15) is 5.41 Å². The zero-order chi connectivity index (χ0) is 14.5. The van der Waals surface area contributed by atoms with Crippen molar-refractivity contribution in [2.75, 3.05) is 7.05 Å². The van der Waals surface area contributed by atoms with Crippen LogP contribution in [0, 0.1) is 16.7 Å². The summed E-state index contributed by atoms with van der Waals surface area (Å²) in [6.45, 7) is 4.28. The fraction of sp³-hybridized carbons (Fsp3) is 0.467. The van der Waals surface area contributed by atoms with Crippen LogP contribution >= 0.6 is 15.9 Å². The standard InChI is InChI=1S/C15H19BrN2O/c1-4-15(5-2,11-17)14(19)18(3)10-12-8-6-7-9-13(12)16/h6-9H,4-5,10H2,1-3H3. The molecule has 0 aromatic heterocycles. The summed E-state index contributed by atoms with van der Waals surface area (Å²) in [6, 6.07) is 9.99. The molecule has 0 saturated carbocycles. The number of rotatable bonds is 5. The van der Waals surface area contributed by atoms with Gasteiger partial charge in [-0.05, 0) is 24.5 Å². The van der Waals surface area contributed by atoms with Crippen LogP contribution in [0.5, 0.6) is 0 Å². The molecule has 0 aliphatic heterocycles. The highest BCUT2D eigenvalue weighted by Gasteiger charge is 2.37. The van der Waals surface area contributed by atoms with Gasteiger partial charge in [-0.3, -0.25) is 4.79 Å². The van der Waals surface area contributed by atoms with Gasteiger partial charge in [-0.2, -0.15) is 5.26 Å². The van der Waals surface area contributed by atoms with E-state index in [1.807, 2.05) is 38.1 Å². The highest BCUT2D eigenvalue weighted by atomic mass is 79.9. The van der Waals surface area contributed by atoms with Crippen molar-refractivity contribution in [3.63, 3.8) is 0 Å². The van der Waals surface area contributed by atoms with Crippen molar-refractivity contribution in [2.45, 2.75) is 33.2 Å². The molecule has 102 valence electrons. The Bertz CT molecular complexity index is 489. The molecule has 19 heavy (non-hydrogen) atoms. The molecule has 1 rings (SSSR count). The van der Waals surface area contributed by atoms with E-state index in [2.05, 4.69) is 22.0 Å². The molecule has 0 unspecified atom stereocenters. The molecule has 0 aliphatic carbocycles. The van der Waals surface area contributed by atoms with Gasteiger partial charge < -0.3 is 4.90 Å². The molecule has 0 bridgehead atoms. The molecule has 0 aliphatic rings. The summed E-state index contributed by atoms with van der Waals surface area (Å²) in [7, 11) is 1.75. The topological polar surface area (TPSA) is 44.1 Å².